The summed E-state index contributed by atoms with van der Waals surface area (Å²) in [6, 6.07) is 3.91. The summed E-state index contributed by atoms with van der Waals surface area (Å²) in [4.78, 5) is 8.84. The van der Waals surface area contributed by atoms with Gasteiger partial charge in [-0.3, -0.25) is 0 Å². The molecule has 1 aliphatic heterocycles. The van der Waals surface area contributed by atoms with Crippen LogP contribution in [-0.2, 0) is 11.2 Å². The number of nitrogens with one attached hydrogen (secondary N) is 1. The zero-order valence-corrected chi connectivity index (χ0v) is 13.8. The van der Waals surface area contributed by atoms with Gasteiger partial charge in [0.05, 0.1) is 12.2 Å². The van der Waals surface area contributed by atoms with E-state index in [4.69, 9.17) is 9.26 Å². The molecule has 0 bridgehead atoms. The van der Waals surface area contributed by atoms with Gasteiger partial charge in [-0.05, 0) is 36.8 Å². The average Bonchev–Trinajstić information content (AvgIpc) is 3.02. The zero-order valence-electron chi connectivity index (χ0n) is 13.8. The summed E-state index contributed by atoms with van der Waals surface area (Å²) in [7, 11) is 0. The van der Waals surface area contributed by atoms with E-state index in [9.17, 15) is 0 Å². The predicted molar refractivity (Wildman–Crippen MR) is 88.1 cm³/mol. The Bertz CT molecular complexity index is 603. The smallest absolute Gasteiger partial charge is 0.259 e. The van der Waals surface area contributed by atoms with Crippen molar-refractivity contribution in [3.8, 4) is 11.5 Å². The van der Waals surface area contributed by atoms with Crippen molar-refractivity contribution in [2.24, 2.45) is 11.8 Å². The highest BCUT2D eigenvalue weighted by atomic mass is 16.5. The van der Waals surface area contributed by atoms with Gasteiger partial charge in [-0.2, -0.15) is 4.98 Å². The number of hydrogen-bond donors (Lipinski definition) is 1. The van der Waals surface area contributed by atoms with E-state index < -0.39 is 0 Å². The summed E-state index contributed by atoms with van der Waals surface area (Å²) < 4.78 is 10.8. The van der Waals surface area contributed by atoms with Crippen molar-refractivity contribution in [2.75, 3.05) is 25.1 Å². The molecule has 124 valence electrons. The van der Waals surface area contributed by atoms with Gasteiger partial charge in [0.25, 0.3) is 5.89 Å². The van der Waals surface area contributed by atoms with E-state index in [1.807, 2.05) is 12.1 Å². The van der Waals surface area contributed by atoms with Crippen LogP contribution >= 0.6 is 0 Å². The first-order valence-corrected chi connectivity index (χ1v) is 8.31. The molecule has 23 heavy (non-hydrogen) atoms. The molecule has 2 aromatic heterocycles. The van der Waals surface area contributed by atoms with E-state index in [0.717, 1.165) is 49.8 Å². The van der Waals surface area contributed by atoms with E-state index in [2.05, 4.69) is 34.3 Å². The Kier molecular flexibility index (Phi) is 5.23. The predicted octanol–water partition coefficient (Wildman–Crippen LogP) is 3.17. The first kappa shape index (κ1) is 15.9. The third-order valence-corrected chi connectivity index (χ3v) is 3.90. The van der Waals surface area contributed by atoms with Crippen LogP contribution < -0.4 is 5.32 Å². The van der Waals surface area contributed by atoms with Crippen LogP contribution in [0, 0.1) is 11.8 Å². The molecule has 0 radical (unpaired) electrons. The van der Waals surface area contributed by atoms with Crippen molar-refractivity contribution < 1.29 is 9.26 Å². The van der Waals surface area contributed by atoms with Gasteiger partial charge >= 0.3 is 0 Å². The third-order valence-electron chi connectivity index (χ3n) is 3.90. The summed E-state index contributed by atoms with van der Waals surface area (Å²) in [5.41, 5.74) is 0.846. The molecular formula is C17H24N4O2. The van der Waals surface area contributed by atoms with Crippen molar-refractivity contribution >= 4 is 5.82 Å². The second-order valence-electron chi connectivity index (χ2n) is 6.51. The number of ether oxygens (including phenoxy) is 1. The zero-order chi connectivity index (χ0) is 16.1. The normalized spacial score (nSPS) is 18.3. The Balaban J connectivity index is 1.57. The molecule has 1 unspecified atom stereocenters. The van der Waals surface area contributed by atoms with Gasteiger partial charge in [0.1, 0.15) is 5.82 Å². The van der Waals surface area contributed by atoms with Crippen LogP contribution in [0.3, 0.4) is 0 Å². The minimum absolute atomic E-state index is 0.508. The highest BCUT2D eigenvalue weighted by Gasteiger charge is 2.14. The lowest BCUT2D eigenvalue weighted by Crippen LogP contribution is -2.24. The molecule has 0 spiro atoms. The van der Waals surface area contributed by atoms with Crippen molar-refractivity contribution in [1.82, 2.24) is 15.1 Å². The lowest BCUT2D eigenvalue weighted by molar-refractivity contribution is 0.0595. The topological polar surface area (TPSA) is 73.1 Å². The molecule has 0 amide bonds. The van der Waals surface area contributed by atoms with Gasteiger partial charge in [0.15, 0.2) is 5.82 Å². The van der Waals surface area contributed by atoms with E-state index in [1.165, 1.54) is 6.42 Å². The SMILES string of the molecule is CC(C)Cc1noc(-c2ccc(NCC3CCCOC3)nc2)n1. The molecule has 0 aliphatic carbocycles. The summed E-state index contributed by atoms with van der Waals surface area (Å²) >= 11 is 0. The molecule has 6 nitrogen and oxygen atoms in total. The molecule has 6 heteroatoms. The lowest BCUT2D eigenvalue weighted by Gasteiger charge is -2.22. The maximum atomic E-state index is 5.49. The maximum absolute atomic E-state index is 5.49. The lowest BCUT2D eigenvalue weighted by atomic mass is 10.0. The van der Waals surface area contributed by atoms with E-state index in [1.54, 1.807) is 6.20 Å². The van der Waals surface area contributed by atoms with Gasteiger partial charge in [-0.25, -0.2) is 4.98 Å². The van der Waals surface area contributed by atoms with Crippen LogP contribution in [0.15, 0.2) is 22.9 Å². The van der Waals surface area contributed by atoms with Crippen molar-refractivity contribution in [3.63, 3.8) is 0 Å². The monoisotopic (exact) mass is 316 g/mol. The average molecular weight is 316 g/mol. The molecule has 0 aromatic carbocycles. The van der Waals surface area contributed by atoms with Gasteiger partial charge in [-0.15, -0.1) is 0 Å². The standard InChI is InChI=1S/C17H24N4O2/c1-12(2)8-16-20-17(23-21-16)14-5-6-15(19-10-14)18-9-13-4-3-7-22-11-13/h5-6,10,12-13H,3-4,7-9,11H2,1-2H3,(H,18,19). The third kappa shape index (κ3) is 4.51. The highest BCUT2D eigenvalue weighted by molar-refractivity contribution is 5.54. The molecule has 1 atom stereocenters. The number of aromatic nitrogens is 3. The fourth-order valence-electron chi connectivity index (χ4n) is 2.66. The summed E-state index contributed by atoms with van der Waals surface area (Å²) in [6.07, 6.45) is 4.95. The van der Waals surface area contributed by atoms with Crippen LogP contribution in [0.2, 0.25) is 0 Å². The molecule has 1 N–H and O–H groups in total. The first-order valence-electron chi connectivity index (χ1n) is 8.31. The molecule has 1 aliphatic rings. The number of nitrogens with zero attached hydrogens (tertiary/aromatic N) is 3. The van der Waals surface area contributed by atoms with Crippen LogP contribution in [0.1, 0.15) is 32.5 Å². The van der Waals surface area contributed by atoms with Crippen LogP contribution in [0.25, 0.3) is 11.5 Å². The Morgan fingerprint density at radius 2 is 2.26 bits per heavy atom. The van der Waals surface area contributed by atoms with Crippen molar-refractivity contribution in [2.45, 2.75) is 33.1 Å². The van der Waals surface area contributed by atoms with Crippen LogP contribution in [0.5, 0.6) is 0 Å². The van der Waals surface area contributed by atoms with E-state index in [-0.39, 0.29) is 0 Å². The molecule has 3 rings (SSSR count). The number of rotatable bonds is 6. The molecule has 1 saturated heterocycles. The fourth-order valence-corrected chi connectivity index (χ4v) is 2.66. The summed E-state index contributed by atoms with van der Waals surface area (Å²) in [5, 5.41) is 7.38. The molecular weight excluding hydrogens is 292 g/mol. The summed E-state index contributed by atoms with van der Waals surface area (Å²) in [5.74, 6) is 3.21. The minimum Gasteiger partial charge on any atom is -0.381 e. The summed E-state index contributed by atoms with van der Waals surface area (Å²) in [6.45, 7) is 6.90. The molecule has 3 heterocycles. The van der Waals surface area contributed by atoms with E-state index in [0.29, 0.717) is 17.7 Å². The van der Waals surface area contributed by atoms with Gasteiger partial charge in [0.2, 0.25) is 0 Å². The van der Waals surface area contributed by atoms with Gasteiger partial charge in [0, 0.05) is 25.8 Å². The Morgan fingerprint density at radius 3 is 2.96 bits per heavy atom. The van der Waals surface area contributed by atoms with Crippen LogP contribution in [-0.4, -0.2) is 34.9 Å². The number of pyridine rings is 1. The Labute approximate surface area is 136 Å². The number of anilines is 1. The largest absolute Gasteiger partial charge is 0.381 e. The minimum atomic E-state index is 0.508. The Hall–Kier alpha value is -1.95. The first-order chi connectivity index (χ1) is 11.2. The maximum Gasteiger partial charge on any atom is 0.259 e. The number of hydrogen-bond acceptors (Lipinski definition) is 6. The molecule has 0 saturated carbocycles. The van der Waals surface area contributed by atoms with Crippen molar-refractivity contribution in [3.05, 3.63) is 24.2 Å². The second-order valence-corrected chi connectivity index (χ2v) is 6.51. The quantitative estimate of drug-likeness (QED) is 0.882. The van der Waals surface area contributed by atoms with Crippen molar-refractivity contribution in [1.29, 1.82) is 0 Å². The molecule has 1 fully saturated rings. The van der Waals surface area contributed by atoms with Gasteiger partial charge in [-0.1, -0.05) is 19.0 Å². The second kappa shape index (κ2) is 7.55. The Morgan fingerprint density at radius 1 is 1.35 bits per heavy atom. The van der Waals surface area contributed by atoms with E-state index >= 15 is 0 Å². The molecule has 2 aromatic rings. The van der Waals surface area contributed by atoms with Gasteiger partial charge < -0.3 is 14.6 Å². The van der Waals surface area contributed by atoms with Crippen LogP contribution in [0.4, 0.5) is 5.82 Å². The fraction of sp³-hybridized carbons (Fsp3) is 0.588. The highest BCUT2D eigenvalue weighted by Crippen LogP contribution is 2.19.